The Morgan fingerprint density at radius 3 is 2.08 bits per heavy atom. The first-order valence-corrected chi connectivity index (χ1v) is 5.12. The van der Waals surface area contributed by atoms with Crippen molar-refractivity contribution < 1.29 is 0 Å². The lowest BCUT2D eigenvalue weighted by Gasteiger charge is -2.06. The zero-order valence-corrected chi connectivity index (χ0v) is 8.84. The molecule has 12 heavy (non-hydrogen) atoms. The average Bonchev–Trinajstić information content (AvgIpc) is 2.03. The monoisotopic (exact) mass is 169 g/mol. The zero-order chi connectivity index (χ0) is 9.40. The van der Waals surface area contributed by atoms with E-state index in [-0.39, 0.29) is 0 Å². The van der Waals surface area contributed by atoms with Gasteiger partial charge in [0.2, 0.25) is 0 Å². The van der Waals surface area contributed by atoms with Crippen molar-refractivity contribution in [1.82, 2.24) is 0 Å². The van der Waals surface area contributed by atoms with Crippen LogP contribution in [0.1, 0.15) is 52.9 Å². The van der Waals surface area contributed by atoms with Gasteiger partial charge in [0.25, 0.3) is 0 Å². The lowest BCUT2D eigenvalue weighted by Crippen LogP contribution is -1.96. The first-order chi connectivity index (χ1) is 5.66. The van der Waals surface area contributed by atoms with Crippen LogP contribution in [0.15, 0.2) is 4.99 Å². The molecule has 1 unspecified atom stereocenters. The molecule has 72 valence electrons. The summed E-state index contributed by atoms with van der Waals surface area (Å²) in [5, 5.41) is 0. The molecule has 0 N–H and O–H groups in total. The maximum Gasteiger partial charge on any atom is 0.0464 e. The van der Waals surface area contributed by atoms with E-state index in [0.29, 0.717) is 6.04 Å². The molecule has 0 aromatic carbocycles. The van der Waals surface area contributed by atoms with E-state index in [2.05, 4.69) is 32.5 Å². The molecule has 0 aliphatic carbocycles. The molecule has 1 nitrogen and oxygen atoms in total. The van der Waals surface area contributed by atoms with Gasteiger partial charge < -0.3 is 0 Å². The second kappa shape index (κ2) is 7.33. The van der Waals surface area contributed by atoms with Crippen LogP contribution in [0.2, 0.25) is 0 Å². The molecule has 0 saturated carbocycles. The highest BCUT2D eigenvalue weighted by atomic mass is 14.7. The average molecular weight is 169 g/mol. The minimum Gasteiger partial charge on any atom is -0.298 e. The Kier molecular flexibility index (Phi) is 7.12. The van der Waals surface area contributed by atoms with E-state index in [9.17, 15) is 0 Å². The summed E-state index contributed by atoms with van der Waals surface area (Å²) in [5.41, 5.74) is 0. The van der Waals surface area contributed by atoms with Gasteiger partial charge in [0.1, 0.15) is 0 Å². The molecule has 1 heteroatoms. The SMILES string of the molecule is C=NC(C)CCCCCC(C)C. The second-order valence-electron chi connectivity index (χ2n) is 4.06. The van der Waals surface area contributed by atoms with E-state index in [4.69, 9.17) is 0 Å². The summed E-state index contributed by atoms with van der Waals surface area (Å²) in [6.07, 6.45) is 6.63. The van der Waals surface area contributed by atoms with Crippen molar-refractivity contribution in [3.63, 3.8) is 0 Å². The molecule has 0 aliphatic rings. The molecule has 0 aliphatic heterocycles. The molecular weight excluding hydrogens is 146 g/mol. The molecule has 1 atom stereocenters. The molecule has 0 aromatic heterocycles. The van der Waals surface area contributed by atoms with Crippen molar-refractivity contribution in [3.8, 4) is 0 Å². The summed E-state index contributed by atoms with van der Waals surface area (Å²) < 4.78 is 0. The molecule has 0 radical (unpaired) electrons. The van der Waals surface area contributed by atoms with Crippen molar-refractivity contribution in [2.24, 2.45) is 10.9 Å². The van der Waals surface area contributed by atoms with Gasteiger partial charge in [0.05, 0.1) is 0 Å². The van der Waals surface area contributed by atoms with Gasteiger partial charge in [-0.05, 0) is 26.0 Å². The van der Waals surface area contributed by atoms with Crippen LogP contribution in [-0.4, -0.2) is 12.8 Å². The Hall–Kier alpha value is -0.330. The number of aliphatic imine (C=N–C) groups is 1. The lowest BCUT2D eigenvalue weighted by atomic mass is 10.0. The minimum atomic E-state index is 0.462. The Morgan fingerprint density at radius 1 is 1.00 bits per heavy atom. The molecule has 0 fully saturated rings. The lowest BCUT2D eigenvalue weighted by molar-refractivity contribution is 0.507. The largest absolute Gasteiger partial charge is 0.298 e. The van der Waals surface area contributed by atoms with Gasteiger partial charge in [0, 0.05) is 6.04 Å². The third-order valence-corrected chi connectivity index (χ3v) is 2.22. The number of hydrogen-bond acceptors (Lipinski definition) is 1. The molecule has 0 heterocycles. The molecular formula is C11H23N. The summed E-state index contributed by atoms with van der Waals surface area (Å²) in [7, 11) is 0. The van der Waals surface area contributed by atoms with Crippen LogP contribution in [0.25, 0.3) is 0 Å². The summed E-state index contributed by atoms with van der Waals surface area (Å²) in [5.74, 6) is 0.861. The van der Waals surface area contributed by atoms with Gasteiger partial charge >= 0.3 is 0 Å². The summed E-state index contributed by atoms with van der Waals surface area (Å²) in [4.78, 5) is 3.97. The van der Waals surface area contributed by atoms with Crippen molar-refractivity contribution in [1.29, 1.82) is 0 Å². The molecule has 0 aromatic rings. The summed E-state index contributed by atoms with van der Waals surface area (Å²) in [6, 6.07) is 0.462. The van der Waals surface area contributed by atoms with Crippen molar-refractivity contribution in [2.45, 2.75) is 58.9 Å². The van der Waals surface area contributed by atoms with E-state index in [1.54, 1.807) is 0 Å². The topological polar surface area (TPSA) is 12.4 Å². The molecule has 0 rings (SSSR count). The van der Waals surface area contributed by atoms with Gasteiger partial charge in [-0.3, -0.25) is 4.99 Å². The van der Waals surface area contributed by atoms with E-state index in [0.717, 1.165) is 5.92 Å². The Morgan fingerprint density at radius 2 is 1.58 bits per heavy atom. The number of nitrogens with zero attached hydrogens (tertiary/aromatic N) is 1. The Labute approximate surface area is 77.3 Å². The van der Waals surface area contributed by atoms with Crippen LogP contribution < -0.4 is 0 Å². The van der Waals surface area contributed by atoms with E-state index in [1.807, 2.05) is 0 Å². The summed E-state index contributed by atoms with van der Waals surface area (Å²) in [6.45, 7) is 10.2. The Bertz CT molecular complexity index is 108. The minimum absolute atomic E-state index is 0.462. The normalized spacial score (nSPS) is 13.3. The molecule has 0 amide bonds. The van der Waals surface area contributed by atoms with Crippen LogP contribution in [0.3, 0.4) is 0 Å². The van der Waals surface area contributed by atoms with Gasteiger partial charge in [-0.25, -0.2) is 0 Å². The van der Waals surface area contributed by atoms with Crippen LogP contribution in [0, 0.1) is 5.92 Å². The molecule has 0 bridgehead atoms. The van der Waals surface area contributed by atoms with Gasteiger partial charge in [-0.1, -0.05) is 39.5 Å². The number of rotatable bonds is 7. The maximum atomic E-state index is 3.97. The Balaban J connectivity index is 3.05. The van der Waals surface area contributed by atoms with E-state index in [1.165, 1.54) is 32.1 Å². The number of hydrogen-bond donors (Lipinski definition) is 0. The van der Waals surface area contributed by atoms with Crippen LogP contribution in [-0.2, 0) is 0 Å². The fraction of sp³-hybridized carbons (Fsp3) is 0.909. The fourth-order valence-electron chi connectivity index (χ4n) is 1.26. The van der Waals surface area contributed by atoms with Crippen molar-refractivity contribution in [2.75, 3.05) is 0 Å². The van der Waals surface area contributed by atoms with Crippen LogP contribution in [0.5, 0.6) is 0 Å². The highest BCUT2D eigenvalue weighted by Gasteiger charge is 1.97. The second-order valence-corrected chi connectivity index (χ2v) is 4.06. The van der Waals surface area contributed by atoms with E-state index < -0.39 is 0 Å². The first-order valence-electron chi connectivity index (χ1n) is 5.12. The van der Waals surface area contributed by atoms with Crippen molar-refractivity contribution >= 4 is 6.72 Å². The van der Waals surface area contributed by atoms with Gasteiger partial charge in [0.15, 0.2) is 0 Å². The van der Waals surface area contributed by atoms with Gasteiger partial charge in [-0.2, -0.15) is 0 Å². The van der Waals surface area contributed by atoms with Gasteiger partial charge in [-0.15, -0.1) is 0 Å². The standard InChI is InChI=1S/C11H23N/c1-10(2)8-6-5-7-9-11(3)12-4/h10-11H,4-9H2,1-3H3. The highest BCUT2D eigenvalue weighted by molar-refractivity contribution is 5.23. The third kappa shape index (κ3) is 7.77. The van der Waals surface area contributed by atoms with Crippen LogP contribution >= 0.6 is 0 Å². The summed E-state index contributed by atoms with van der Waals surface area (Å²) >= 11 is 0. The molecule has 0 saturated heterocycles. The fourth-order valence-corrected chi connectivity index (χ4v) is 1.26. The quantitative estimate of drug-likeness (QED) is 0.407. The predicted molar refractivity (Wildman–Crippen MR) is 56.9 cm³/mol. The molecule has 0 spiro atoms. The van der Waals surface area contributed by atoms with Crippen molar-refractivity contribution in [3.05, 3.63) is 0 Å². The number of unbranched alkanes of at least 4 members (excludes halogenated alkanes) is 2. The van der Waals surface area contributed by atoms with Crippen LogP contribution in [0.4, 0.5) is 0 Å². The predicted octanol–water partition coefficient (Wildman–Crippen LogP) is 3.68. The first kappa shape index (κ1) is 11.7. The smallest absolute Gasteiger partial charge is 0.0464 e. The maximum absolute atomic E-state index is 3.97. The highest BCUT2D eigenvalue weighted by Crippen LogP contribution is 2.11. The third-order valence-electron chi connectivity index (χ3n) is 2.22. The van der Waals surface area contributed by atoms with E-state index >= 15 is 0 Å². The zero-order valence-electron chi connectivity index (χ0n) is 8.84.